The largest absolute Gasteiger partial charge is 0.119 e. The second-order valence-electron chi connectivity index (χ2n) is 4.10. The number of benzene rings is 1. The summed E-state index contributed by atoms with van der Waals surface area (Å²) in [4.78, 5) is 1.18. The molecule has 72 valence electrons. The maximum atomic E-state index is 6.18. The highest BCUT2D eigenvalue weighted by molar-refractivity contribution is 8.00. The molecule has 0 heterocycles. The summed E-state index contributed by atoms with van der Waals surface area (Å²) in [5.41, 5.74) is 1.15. The van der Waals surface area contributed by atoms with E-state index in [2.05, 4.69) is 32.9 Å². The Kier molecular flexibility index (Phi) is 3.31. The van der Waals surface area contributed by atoms with Crippen molar-refractivity contribution in [2.75, 3.05) is 0 Å². The van der Waals surface area contributed by atoms with E-state index in [1.165, 1.54) is 4.90 Å². The third kappa shape index (κ3) is 3.24. The zero-order valence-electron chi connectivity index (χ0n) is 8.52. The molecule has 0 fully saturated rings. The van der Waals surface area contributed by atoms with Crippen LogP contribution in [0.5, 0.6) is 0 Å². The molecular formula is C11H15ClS. The van der Waals surface area contributed by atoms with Gasteiger partial charge in [0.25, 0.3) is 0 Å². The number of rotatable bonds is 1. The van der Waals surface area contributed by atoms with Crippen molar-refractivity contribution < 1.29 is 0 Å². The summed E-state index contributed by atoms with van der Waals surface area (Å²) in [6.07, 6.45) is 0. The summed E-state index contributed by atoms with van der Waals surface area (Å²) in [7, 11) is 0. The van der Waals surface area contributed by atoms with Gasteiger partial charge in [-0.1, -0.05) is 44.5 Å². The lowest BCUT2D eigenvalue weighted by Crippen LogP contribution is -2.06. The molecule has 0 atom stereocenters. The van der Waals surface area contributed by atoms with Crippen molar-refractivity contribution in [3.05, 3.63) is 28.8 Å². The standard InChI is InChI=1S/C11H15ClS/c1-8-6-5-7-9(10(8)12)13-11(2,3)4/h5-7H,1-4H3. The first-order chi connectivity index (χ1) is 5.90. The Morgan fingerprint density at radius 3 is 2.38 bits per heavy atom. The van der Waals surface area contributed by atoms with Gasteiger partial charge in [-0.15, -0.1) is 11.8 Å². The summed E-state index contributed by atoms with van der Waals surface area (Å²) in [6.45, 7) is 8.61. The summed E-state index contributed by atoms with van der Waals surface area (Å²) in [5.74, 6) is 0. The predicted octanol–water partition coefficient (Wildman–Crippen LogP) is 4.54. The van der Waals surface area contributed by atoms with Crippen LogP contribution >= 0.6 is 23.4 Å². The summed E-state index contributed by atoms with van der Waals surface area (Å²) < 4.78 is 0.220. The number of hydrogen-bond donors (Lipinski definition) is 0. The minimum absolute atomic E-state index is 0.220. The van der Waals surface area contributed by atoms with Crippen molar-refractivity contribution in [2.24, 2.45) is 0 Å². The average Bonchev–Trinajstić information content (AvgIpc) is 1.96. The molecule has 0 amide bonds. The van der Waals surface area contributed by atoms with Crippen LogP contribution < -0.4 is 0 Å². The van der Waals surface area contributed by atoms with Crippen LogP contribution in [-0.4, -0.2) is 4.75 Å². The third-order valence-corrected chi connectivity index (χ3v) is 3.36. The van der Waals surface area contributed by atoms with Crippen LogP contribution in [0.4, 0.5) is 0 Å². The molecular weight excluding hydrogens is 200 g/mol. The molecule has 0 spiro atoms. The Morgan fingerprint density at radius 1 is 1.23 bits per heavy atom. The topological polar surface area (TPSA) is 0 Å². The molecule has 0 aliphatic carbocycles. The van der Waals surface area contributed by atoms with E-state index in [1.54, 1.807) is 0 Å². The van der Waals surface area contributed by atoms with Crippen LogP contribution in [0, 0.1) is 6.92 Å². The molecule has 2 heteroatoms. The van der Waals surface area contributed by atoms with E-state index >= 15 is 0 Å². The van der Waals surface area contributed by atoms with Gasteiger partial charge in [0.2, 0.25) is 0 Å². The van der Waals surface area contributed by atoms with Crippen molar-refractivity contribution in [3.63, 3.8) is 0 Å². The molecule has 0 N–H and O–H groups in total. The van der Waals surface area contributed by atoms with Gasteiger partial charge in [-0.2, -0.15) is 0 Å². The molecule has 0 saturated heterocycles. The lowest BCUT2D eigenvalue weighted by Gasteiger charge is -2.18. The van der Waals surface area contributed by atoms with Crippen LogP contribution in [0.3, 0.4) is 0 Å². The molecule has 1 rings (SSSR count). The molecule has 0 aliphatic heterocycles. The third-order valence-electron chi connectivity index (χ3n) is 1.57. The highest BCUT2D eigenvalue weighted by atomic mass is 35.5. The minimum atomic E-state index is 0.220. The monoisotopic (exact) mass is 214 g/mol. The normalized spacial score (nSPS) is 11.8. The number of halogens is 1. The molecule has 0 aliphatic rings. The highest BCUT2D eigenvalue weighted by Crippen LogP contribution is 2.37. The maximum absolute atomic E-state index is 6.18. The van der Waals surface area contributed by atoms with Gasteiger partial charge in [-0.05, 0) is 18.6 Å². The van der Waals surface area contributed by atoms with Gasteiger partial charge in [-0.25, -0.2) is 0 Å². The van der Waals surface area contributed by atoms with Gasteiger partial charge < -0.3 is 0 Å². The molecule has 1 aromatic carbocycles. The predicted molar refractivity (Wildman–Crippen MR) is 61.8 cm³/mol. The molecule has 13 heavy (non-hydrogen) atoms. The van der Waals surface area contributed by atoms with Gasteiger partial charge in [0, 0.05) is 9.64 Å². The van der Waals surface area contributed by atoms with E-state index in [0.717, 1.165) is 10.6 Å². The van der Waals surface area contributed by atoms with Crippen LogP contribution in [0.15, 0.2) is 23.1 Å². The Hall–Kier alpha value is -0.140. The van der Waals surface area contributed by atoms with Crippen LogP contribution in [-0.2, 0) is 0 Å². The van der Waals surface area contributed by atoms with Crippen LogP contribution in [0.1, 0.15) is 26.3 Å². The molecule has 0 saturated carbocycles. The van der Waals surface area contributed by atoms with E-state index in [4.69, 9.17) is 11.6 Å². The van der Waals surface area contributed by atoms with Crippen molar-refractivity contribution in [1.82, 2.24) is 0 Å². The van der Waals surface area contributed by atoms with E-state index in [9.17, 15) is 0 Å². The molecule has 0 radical (unpaired) electrons. The van der Waals surface area contributed by atoms with Crippen LogP contribution in [0.2, 0.25) is 5.02 Å². The van der Waals surface area contributed by atoms with E-state index in [0.29, 0.717) is 0 Å². The Balaban J connectivity index is 2.96. The Morgan fingerprint density at radius 2 is 1.85 bits per heavy atom. The second kappa shape index (κ2) is 3.93. The van der Waals surface area contributed by atoms with Gasteiger partial charge in [0.05, 0.1) is 5.02 Å². The van der Waals surface area contributed by atoms with E-state index < -0.39 is 0 Å². The SMILES string of the molecule is Cc1cccc(SC(C)(C)C)c1Cl. The summed E-state index contributed by atoms with van der Waals surface area (Å²) in [5, 5.41) is 0.891. The minimum Gasteiger partial charge on any atom is -0.119 e. The van der Waals surface area contributed by atoms with Crippen molar-refractivity contribution >= 4 is 23.4 Å². The summed E-state index contributed by atoms with van der Waals surface area (Å²) >= 11 is 7.99. The molecule has 0 aromatic heterocycles. The first kappa shape index (κ1) is 10.9. The number of thioether (sulfide) groups is 1. The van der Waals surface area contributed by atoms with Gasteiger partial charge in [-0.3, -0.25) is 0 Å². The first-order valence-corrected chi connectivity index (χ1v) is 5.54. The van der Waals surface area contributed by atoms with E-state index in [1.807, 2.05) is 24.8 Å². The summed E-state index contributed by atoms with van der Waals surface area (Å²) in [6, 6.07) is 6.16. The number of hydrogen-bond acceptors (Lipinski definition) is 1. The van der Waals surface area contributed by atoms with Crippen molar-refractivity contribution in [3.8, 4) is 0 Å². The highest BCUT2D eigenvalue weighted by Gasteiger charge is 2.14. The smallest absolute Gasteiger partial charge is 0.0571 e. The van der Waals surface area contributed by atoms with Crippen molar-refractivity contribution in [1.29, 1.82) is 0 Å². The average molecular weight is 215 g/mol. The fourth-order valence-electron chi connectivity index (χ4n) is 1.03. The quantitative estimate of drug-likeness (QED) is 0.619. The van der Waals surface area contributed by atoms with Gasteiger partial charge in [0.1, 0.15) is 0 Å². The second-order valence-corrected chi connectivity index (χ2v) is 6.35. The maximum Gasteiger partial charge on any atom is 0.0571 e. The van der Waals surface area contributed by atoms with Gasteiger partial charge in [0.15, 0.2) is 0 Å². The number of aryl methyl sites for hydroxylation is 1. The molecule has 0 bridgehead atoms. The van der Waals surface area contributed by atoms with E-state index in [-0.39, 0.29) is 4.75 Å². The molecule has 0 nitrogen and oxygen atoms in total. The zero-order chi connectivity index (χ0) is 10.1. The fourth-order valence-corrected chi connectivity index (χ4v) is 2.33. The molecule has 1 aromatic rings. The first-order valence-electron chi connectivity index (χ1n) is 4.34. The molecule has 0 unspecified atom stereocenters. The Labute approximate surface area is 89.7 Å². The fraction of sp³-hybridized carbons (Fsp3) is 0.455. The lowest BCUT2D eigenvalue weighted by molar-refractivity contribution is 0.803. The van der Waals surface area contributed by atoms with Crippen LogP contribution in [0.25, 0.3) is 0 Å². The zero-order valence-corrected chi connectivity index (χ0v) is 10.1. The van der Waals surface area contributed by atoms with Crippen molar-refractivity contribution in [2.45, 2.75) is 37.3 Å². The van der Waals surface area contributed by atoms with Gasteiger partial charge >= 0.3 is 0 Å². The Bertz CT molecular complexity index is 299. The lowest BCUT2D eigenvalue weighted by atomic mass is 10.2.